The average Bonchev–Trinajstić information content (AvgIpc) is 2.60. The molecule has 0 aliphatic heterocycles. The van der Waals surface area contributed by atoms with E-state index >= 15 is 0 Å². The molecule has 0 N–H and O–H groups in total. The Bertz CT molecular complexity index is 420. The SMILES string of the molecule is CCCCCCC(OCCC)(OCCC)C(=O)c1ccccc1. The van der Waals surface area contributed by atoms with Crippen molar-refractivity contribution in [2.24, 2.45) is 0 Å². The lowest BCUT2D eigenvalue weighted by Gasteiger charge is -2.32. The number of benzene rings is 1. The highest BCUT2D eigenvalue weighted by molar-refractivity contribution is 6.01. The van der Waals surface area contributed by atoms with Crippen LogP contribution < -0.4 is 0 Å². The van der Waals surface area contributed by atoms with Gasteiger partial charge in [-0.2, -0.15) is 0 Å². The summed E-state index contributed by atoms with van der Waals surface area (Å²) in [4.78, 5) is 13.1. The number of ether oxygens (including phenoxy) is 2. The molecule has 0 radical (unpaired) electrons. The molecular weight excluding hydrogens is 288 g/mol. The molecule has 0 fully saturated rings. The fourth-order valence-corrected chi connectivity index (χ4v) is 2.56. The molecule has 3 nitrogen and oxygen atoms in total. The Labute approximate surface area is 141 Å². The lowest BCUT2D eigenvalue weighted by atomic mass is 9.97. The molecule has 0 saturated carbocycles. The summed E-state index contributed by atoms with van der Waals surface area (Å²) in [5.41, 5.74) is 0.662. The average molecular weight is 320 g/mol. The van der Waals surface area contributed by atoms with E-state index in [-0.39, 0.29) is 5.78 Å². The smallest absolute Gasteiger partial charge is 0.233 e. The predicted molar refractivity (Wildman–Crippen MR) is 94.7 cm³/mol. The summed E-state index contributed by atoms with van der Waals surface area (Å²) in [6, 6.07) is 9.37. The fraction of sp³-hybridized carbons (Fsp3) is 0.650. The summed E-state index contributed by atoms with van der Waals surface area (Å²) in [5.74, 6) is -1.17. The first kappa shape index (κ1) is 19.9. The van der Waals surface area contributed by atoms with Crippen molar-refractivity contribution in [1.82, 2.24) is 0 Å². The summed E-state index contributed by atoms with van der Waals surface area (Å²) in [5, 5.41) is 0. The molecule has 0 amide bonds. The van der Waals surface area contributed by atoms with E-state index in [1.54, 1.807) is 0 Å². The summed E-state index contributed by atoms with van der Waals surface area (Å²) >= 11 is 0. The molecule has 0 saturated heterocycles. The Morgan fingerprint density at radius 3 is 2.00 bits per heavy atom. The van der Waals surface area contributed by atoms with Crippen LogP contribution in [0.3, 0.4) is 0 Å². The fourth-order valence-electron chi connectivity index (χ4n) is 2.56. The highest BCUT2D eigenvalue weighted by Gasteiger charge is 2.40. The molecule has 0 aliphatic rings. The molecular formula is C20H32O3. The minimum atomic E-state index is -1.12. The third-order valence-corrected chi connectivity index (χ3v) is 3.82. The van der Waals surface area contributed by atoms with Crippen LogP contribution in [0.2, 0.25) is 0 Å². The lowest BCUT2D eigenvalue weighted by molar-refractivity contribution is -0.206. The summed E-state index contributed by atoms with van der Waals surface area (Å²) in [6.07, 6.45) is 6.76. The van der Waals surface area contributed by atoms with Gasteiger partial charge in [0.15, 0.2) is 0 Å². The van der Waals surface area contributed by atoms with Gasteiger partial charge in [-0.1, -0.05) is 70.4 Å². The van der Waals surface area contributed by atoms with Gasteiger partial charge in [0.2, 0.25) is 11.6 Å². The first-order chi connectivity index (χ1) is 11.2. The Kier molecular flexibility index (Phi) is 9.81. The quantitative estimate of drug-likeness (QED) is 0.278. The first-order valence-corrected chi connectivity index (χ1v) is 9.08. The molecule has 23 heavy (non-hydrogen) atoms. The molecule has 130 valence electrons. The van der Waals surface area contributed by atoms with Crippen molar-refractivity contribution in [2.75, 3.05) is 13.2 Å². The number of Topliss-reactive ketones (excluding diaryl/α,β-unsaturated/α-hetero) is 1. The minimum Gasteiger partial charge on any atom is -0.343 e. The highest BCUT2D eigenvalue weighted by Crippen LogP contribution is 2.27. The summed E-state index contributed by atoms with van der Waals surface area (Å²) < 4.78 is 12.0. The van der Waals surface area contributed by atoms with E-state index in [4.69, 9.17) is 9.47 Å². The number of unbranched alkanes of at least 4 members (excludes halogenated alkanes) is 3. The normalized spacial score (nSPS) is 11.6. The number of hydrogen-bond acceptors (Lipinski definition) is 3. The maximum absolute atomic E-state index is 13.1. The van der Waals surface area contributed by atoms with Gasteiger partial charge in [0.25, 0.3) is 0 Å². The zero-order valence-electron chi connectivity index (χ0n) is 15.0. The monoisotopic (exact) mass is 320 g/mol. The van der Waals surface area contributed by atoms with Gasteiger partial charge in [-0.05, 0) is 19.3 Å². The maximum Gasteiger partial charge on any atom is 0.233 e. The Morgan fingerprint density at radius 2 is 1.48 bits per heavy atom. The van der Waals surface area contributed by atoms with Crippen LogP contribution in [-0.2, 0) is 9.47 Å². The highest BCUT2D eigenvalue weighted by atomic mass is 16.7. The van der Waals surface area contributed by atoms with E-state index in [0.29, 0.717) is 25.2 Å². The molecule has 0 unspecified atom stereocenters. The van der Waals surface area contributed by atoms with Gasteiger partial charge < -0.3 is 9.47 Å². The standard InChI is InChI=1S/C20H32O3/c1-4-7-8-12-15-20(22-16-5-2,23-17-6-3)19(21)18-13-10-9-11-14-18/h9-11,13-14H,4-8,12,15-17H2,1-3H3. The van der Waals surface area contributed by atoms with Crippen molar-refractivity contribution in [2.45, 2.75) is 71.5 Å². The number of ketones is 1. The van der Waals surface area contributed by atoms with Gasteiger partial charge in [0, 0.05) is 12.0 Å². The third-order valence-electron chi connectivity index (χ3n) is 3.82. The van der Waals surface area contributed by atoms with E-state index in [0.717, 1.165) is 25.7 Å². The third kappa shape index (κ3) is 6.44. The Balaban J connectivity index is 2.95. The van der Waals surface area contributed by atoms with E-state index in [2.05, 4.69) is 20.8 Å². The largest absolute Gasteiger partial charge is 0.343 e. The number of carbonyl (C=O) groups is 1. The molecule has 0 atom stereocenters. The Morgan fingerprint density at radius 1 is 0.870 bits per heavy atom. The van der Waals surface area contributed by atoms with Crippen LogP contribution in [0.1, 0.15) is 76.1 Å². The topological polar surface area (TPSA) is 35.5 Å². The maximum atomic E-state index is 13.1. The molecule has 0 aliphatic carbocycles. The van der Waals surface area contributed by atoms with Crippen LogP contribution >= 0.6 is 0 Å². The Hall–Kier alpha value is -1.19. The van der Waals surface area contributed by atoms with Gasteiger partial charge in [0.1, 0.15) is 0 Å². The van der Waals surface area contributed by atoms with Gasteiger partial charge >= 0.3 is 0 Å². The van der Waals surface area contributed by atoms with Crippen molar-refractivity contribution >= 4 is 5.78 Å². The lowest BCUT2D eigenvalue weighted by Crippen LogP contribution is -2.45. The number of rotatable bonds is 13. The molecule has 0 heterocycles. The molecule has 3 heteroatoms. The van der Waals surface area contributed by atoms with E-state index < -0.39 is 5.79 Å². The van der Waals surface area contributed by atoms with Crippen molar-refractivity contribution in [3.63, 3.8) is 0 Å². The van der Waals surface area contributed by atoms with Crippen molar-refractivity contribution < 1.29 is 14.3 Å². The van der Waals surface area contributed by atoms with Crippen molar-refractivity contribution in [1.29, 1.82) is 0 Å². The zero-order chi connectivity index (χ0) is 17.0. The van der Waals surface area contributed by atoms with E-state index in [1.807, 2.05) is 30.3 Å². The van der Waals surface area contributed by atoms with Crippen LogP contribution in [0, 0.1) is 0 Å². The minimum absolute atomic E-state index is 0.0449. The van der Waals surface area contributed by atoms with Crippen LogP contribution in [0.25, 0.3) is 0 Å². The zero-order valence-corrected chi connectivity index (χ0v) is 15.0. The van der Waals surface area contributed by atoms with E-state index in [9.17, 15) is 4.79 Å². The second kappa shape index (κ2) is 11.4. The van der Waals surface area contributed by atoms with Crippen LogP contribution in [-0.4, -0.2) is 24.8 Å². The van der Waals surface area contributed by atoms with Gasteiger partial charge in [0.05, 0.1) is 13.2 Å². The van der Waals surface area contributed by atoms with Gasteiger partial charge in [-0.25, -0.2) is 0 Å². The molecule has 1 aromatic rings. The van der Waals surface area contributed by atoms with Gasteiger partial charge in [-0.15, -0.1) is 0 Å². The molecule has 0 aromatic heterocycles. The van der Waals surface area contributed by atoms with E-state index in [1.165, 1.54) is 12.8 Å². The van der Waals surface area contributed by atoms with Crippen molar-refractivity contribution in [3.8, 4) is 0 Å². The first-order valence-electron chi connectivity index (χ1n) is 9.08. The van der Waals surface area contributed by atoms with Gasteiger partial charge in [-0.3, -0.25) is 4.79 Å². The second-order valence-corrected chi connectivity index (χ2v) is 5.96. The van der Waals surface area contributed by atoms with Crippen LogP contribution in [0.15, 0.2) is 30.3 Å². The number of carbonyl (C=O) groups excluding carboxylic acids is 1. The summed E-state index contributed by atoms with van der Waals surface area (Å²) in [6.45, 7) is 7.36. The molecule has 0 spiro atoms. The summed E-state index contributed by atoms with van der Waals surface area (Å²) in [7, 11) is 0. The van der Waals surface area contributed by atoms with Crippen molar-refractivity contribution in [3.05, 3.63) is 35.9 Å². The second-order valence-electron chi connectivity index (χ2n) is 5.96. The molecule has 1 rings (SSSR count). The predicted octanol–water partition coefficient (Wildman–Crippen LogP) is 5.39. The number of hydrogen-bond donors (Lipinski definition) is 0. The molecule has 1 aromatic carbocycles. The van der Waals surface area contributed by atoms with Crippen LogP contribution in [0.5, 0.6) is 0 Å². The van der Waals surface area contributed by atoms with Crippen LogP contribution in [0.4, 0.5) is 0 Å². The molecule has 0 bridgehead atoms.